The molecular formula is C21H15BrN2O3. The number of carbonyl (C=O) groups is 1. The number of amides is 1. The van der Waals surface area contributed by atoms with Gasteiger partial charge in [0.05, 0.1) is 18.2 Å². The smallest absolute Gasteiger partial charge is 0.256 e. The van der Waals surface area contributed by atoms with Gasteiger partial charge in [-0.2, -0.15) is 0 Å². The van der Waals surface area contributed by atoms with Crippen molar-refractivity contribution in [3.63, 3.8) is 0 Å². The standard InChI is InChI=1S/C21H15BrN2O3/c1-26-18-9-5-3-7-15(18)21-24-17-11-10-13(12-19(17)27-21)23-20(25)14-6-2-4-8-16(14)22/h2-12H,1H3,(H,23,25). The van der Waals surface area contributed by atoms with Crippen LogP contribution in [0.3, 0.4) is 0 Å². The van der Waals surface area contributed by atoms with Crippen LogP contribution >= 0.6 is 15.9 Å². The Kier molecular flexibility index (Phi) is 4.64. The Bertz CT molecular complexity index is 1140. The molecule has 5 nitrogen and oxygen atoms in total. The first-order valence-electron chi connectivity index (χ1n) is 8.25. The number of oxazole rings is 1. The molecule has 1 amide bonds. The van der Waals surface area contributed by atoms with E-state index in [1.54, 1.807) is 25.3 Å². The number of aromatic nitrogens is 1. The van der Waals surface area contributed by atoms with Crippen molar-refractivity contribution >= 4 is 38.6 Å². The van der Waals surface area contributed by atoms with Crippen molar-refractivity contribution in [2.24, 2.45) is 0 Å². The number of ether oxygens (including phenoxy) is 1. The quantitative estimate of drug-likeness (QED) is 0.470. The number of hydrogen-bond acceptors (Lipinski definition) is 4. The normalized spacial score (nSPS) is 10.7. The Hall–Kier alpha value is -3.12. The molecule has 6 heteroatoms. The highest BCUT2D eigenvalue weighted by Crippen LogP contribution is 2.32. The van der Waals surface area contributed by atoms with E-state index in [0.717, 1.165) is 10.0 Å². The summed E-state index contributed by atoms with van der Waals surface area (Å²) < 4.78 is 12.0. The van der Waals surface area contributed by atoms with Crippen molar-refractivity contribution in [1.29, 1.82) is 0 Å². The van der Waals surface area contributed by atoms with Crippen molar-refractivity contribution in [2.45, 2.75) is 0 Å². The zero-order valence-electron chi connectivity index (χ0n) is 14.4. The van der Waals surface area contributed by atoms with Crippen LogP contribution in [0.4, 0.5) is 5.69 Å². The minimum atomic E-state index is -0.203. The van der Waals surface area contributed by atoms with Gasteiger partial charge in [0.15, 0.2) is 5.58 Å². The summed E-state index contributed by atoms with van der Waals surface area (Å²) in [5, 5.41) is 2.88. The SMILES string of the molecule is COc1ccccc1-c1nc2ccc(NC(=O)c3ccccc3Br)cc2o1. The minimum absolute atomic E-state index is 0.203. The molecule has 0 saturated carbocycles. The number of carbonyl (C=O) groups excluding carboxylic acids is 1. The molecular weight excluding hydrogens is 408 g/mol. The molecule has 134 valence electrons. The van der Waals surface area contributed by atoms with E-state index >= 15 is 0 Å². The zero-order chi connectivity index (χ0) is 18.8. The number of halogens is 1. The van der Waals surface area contributed by atoms with Gasteiger partial charge in [-0.15, -0.1) is 0 Å². The zero-order valence-corrected chi connectivity index (χ0v) is 16.0. The molecule has 0 aliphatic carbocycles. The van der Waals surface area contributed by atoms with Gasteiger partial charge in [0.25, 0.3) is 5.91 Å². The first-order valence-corrected chi connectivity index (χ1v) is 9.05. The predicted molar refractivity (Wildman–Crippen MR) is 108 cm³/mol. The van der Waals surface area contributed by atoms with Crippen LogP contribution in [0.15, 0.2) is 75.6 Å². The summed E-state index contributed by atoms with van der Waals surface area (Å²) in [7, 11) is 1.61. The fraction of sp³-hybridized carbons (Fsp3) is 0.0476. The number of anilines is 1. The lowest BCUT2D eigenvalue weighted by Crippen LogP contribution is -2.12. The highest BCUT2D eigenvalue weighted by atomic mass is 79.9. The third kappa shape index (κ3) is 3.44. The molecule has 4 rings (SSSR count). The van der Waals surface area contributed by atoms with E-state index < -0.39 is 0 Å². The number of hydrogen-bond donors (Lipinski definition) is 1. The average Bonchev–Trinajstić information content (AvgIpc) is 3.11. The molecule has 0 aliphatic heterocycles. The van der Waals surface area contributed by atoms with Gasteiger partial charge in [-0.25, -0.2) is 4.98 Å². The maximum absolute atomic E-state index is 12.5. The molecule has 0 radical (unpaired) electrons. The van der Waals surface area contributed by atoms with Gasteiger partial charge in [-0.3, -0.25) is 4.79 Å². The van der Waals surface area contributed by atoms with Crippen LogP contribution in [0.2, 0.25) is 0 Å². The van der Waals surface area contributed by atoms with Gasteiger partial charge in [0.2, 0.25) is 5.89 Å². The van der Waals surface area contributed by atoms with Crippen molar-refractivity contribution in [3.8, 4) is 17.2 Å². The summed E-state index contributed by atoms with van der Waals surface area (Å²) in [4.78, 5) is 17.0. The van der Waals surface area contributed by atoms with Crippen LogP contribution < -0.4 is 10.1 Å². The van der Waals surface area contributed by atoms with E-state index in [4.69, 9.17) is 9.15 Å². The molecule has 4 aromatic rings. The lowest BCUT2D eigenvalue weighted by molar-refractivity contribution is 0.102. The fourth-order valence-electron chi connectivity index (χ4n) is 2.78. The highest BCUT2D eigenvalue weighted by molar-refractivity contribution is 9.10. The number of benzene rings is 3. The van der Waals surface area contributed by atoms with Gasteiger partial charge >= 0.3 is 0 Å². The molecule has 0 bridgehead atoms. The number of para-hydroxylation sites is 1. The molecule has 0 saturated heterocycles. The number of nitrogens with one attached hydrogen (secondary N) is 1. The molecule has 27 heavy (non-hydrogen) atoms. The molecule has 0 unspecified atom stereocenters. The Morgan fingerprint density at radius 1 is 1.07 bits per heavy atom. The fourth-order valence-corrected chi connectivity index (χ4v) is 3.25. The van der Waals surface area contributed by atoms with Crippen molar-refractivity contribution in [3.05, 3.63) is 76.8 Å². The second-order valence-electron chi connectivity index (χ2n) is 5.84. The molecule has 1 heterocycles. The van der Waals surface area contributed by atoms with Crippen LogP contribution in [0.5, 0.6) is 5.75 Å². The summed E-state index contributed by atoms with van der Waals surface area (Å²) in [5.74, 6) is 0.953. The molecule has 0 fully saturated rings. The Morgan fingerprint density at radius 2 is 1.85 bits per heavy atom. The highest BCUT2D eigenvalue weighted by Gasteiger charge is 2.14. The molecule has 0 atom stereocenters. The van der Waals surface area contributed by atoms with Crippen LogP contribution in [-0.2, 0) is 0 Å². The first-order chi connectivity index (χ1) is 13.2. The van der Waals surface area contributed by atoms with E-state index in [9.17, 15) is 4.79 Å². The second-order valence-corrected chi connectivity index (χ2v) is 6.69. The van der Waals surface area contributed by atoms with Gasteiger partial charge in [-0.05, 0) is 52.3 Å². The molecule has 1 N–H and O–H groups in total. The third-order valence-electron chi connectivity index (χ3n) is 4.10. The van der Waals surface area contributed by atoms with Gasteiger partial charge in [-0.1, -0.05) is 24.3 Å². The van der Waals surface area contributed by atoms with Crippen LogP contribution in [0, 0.1) is 0 Å². The number of rotatable bonds is 4. The Morgan fingerprint density at radius 3 is 2.67 bits per heavy atom. The number of methoxy groups -OCH3 is 1. The summed E-state index contributed by atoms with van der Waals surface area (Å²) in [6.45, 7) is 0. The third-order valence-corrected chi connectivity index (χ3v) is 4.79. The Labute approximate surface area is 164 Å². The predicted octanol–water partition coefficient (Wildman–Crippen LogP) is 5.52. The minimum Gasteiger partial charge on any atom is -0.496 e. The van der Waals surface area contributed by atoms with E-state index in [1.165, 1.54) is 0 Å². The van der Waals surface area contributed by atoms with E-state index in [0.29, 0.717) is 34.0 Å². The van der Waals surface area contributed by atoms with Crippen LogP contribution in [-0.4, -0.2) is 18.0 Å². The summed E-state index contributed by atoms with van der Waals surface area (Å²) in [6.07, 6.45) is 0. The monoisotopic (exact) mass is 422 g/mol. The summed E-state index contributed by atoms with van der Waals surface area (Å²) in [5.41, 5.74) is 3.25. The topological polar surface area (TPSA) is 64.4 Å². The molecule has 0 aliphatic rings. The van der Waals surface area contributed by atoms with E-state index in [1.807, 2.05) is 48.5 Å². The lowest BCUT2D eigenvalue weighted by atomic mass is 10.2. The maximum Gasteiger partial charge on any atom is 0.256 e. The molecule has 1 aromatic heterocycles. The second kappa shape index (κ2) is 7.25. The van der Waals surface area contributed by atoms with Crippen molar-refractivity contribution < 1.29 is 13.9 Å². The average molecular weight is 423 g/mol. The lowest BCUT2D eigenvalue weighted by Gasteiger charge is -2.06. The van der Waals surface area contributed by atoms with Crippen molar-refractivity contribution in [1.82, 2.24) is 4.98 Å². The van der Waals surface area contributed by atoms with Gasteiger partial charge in [0, 0.05) is 16.2 Å². The maximum atomic E-state index is 12.5. The molecule has 3 aromatic carbocycles. The van der Waals surface area contributed by atoms with Crippen molar-refractivity contribution in [2.75, 3.05) is 12.4 Å². The van der Waals surface area contributed by atoms with Crippen LogP contribution in [0.25, 0.3) is 22.6 Å². The molecule has 0 spiro atoms. The largest absolute Gasteiger partial charge is 0.496 e. The number of fused-ring (bicyclic) bond motifs is 1. The Balaban J connectivity index is 1.65. The number of nitrogens with zero attached hydrogens (tertiary/aromatic N) is 1. The van der Waals surface area contributed by atoms with E-state index in [-0.39, 0.29) is 5.91 Å². The summed E-state index contributed by atoms with van der Waals surface area (Å²) >= 11 is 3.39. The first kappa shape index (κ1) is 17.3. The van der Waals surface area contributed by atoms with E-state index in [2.05, 4.69) is 26.2 Å². The van der Waals surface area contributed by atoms with Gasteiger partial charge < -0.3 is 14.5 Å². The summed E-state index contributed by atoms with van der Waals surface area (Å²) in [6, 6.07) is 20.2. The van der Waals surface area contributed by atoms with Gasteiger partial charge in [0.1, 0.15) is 11.3 Å². The van der Waals surface area contributed by atoms with Crippen LogP contribution in [0.1, 0.15) is 10.4 Å².